The fraction of sp³-hybridized carbons (Fsp3) is 0.529. The van der Waals surface area contributed by atoms with Crippen molar-refractivity contribution in [1.29, 1.82) is 0 Å². The molecule has 3 rings (SSSR count). The maximum absolute atomic E-state index is 11.8. The zero-order valence-electron chi connectivity index (χ0n) is 12.9. The number of benzene rings is 1. The van der Waals surface area contributed by atoms with Crippen molar-refractivity contribution in [3.05, 3.63) is 29.8 Å². The van der Waals surface area contributed by atoms with Crippen LogP contribution in [0.2, 0.25) is 0 Å². The Hall–Kier alpha value is -1.49. The van der Waals surface area contributed by atoms with E-state index in [4.69, 9.17) is 9.47 Å². The molecule has 1 saturated carbocycles. The van der Waals surface area contributed by atoms with Crippen LogP contribution in [0.1, 0.15) is 37.7 Å². The molecule has 0 atom stereocenters. The molecule has 0 bridgehead atoms. The highest BCUT2D eigenvalue weighted by Gasteiger charge is 2.22. The van der Waals surface area contributed by atoms with Gasteiger partial charge in [0.15, 0.2) is 21.3 Å². The van der Waals surface area contributed by atoms with Crippen LogP contribution in [0.5, 0.6) is 11.5 Å². The molecule has 1 aliphatic heterocycles. The summed E-state index contributed by atoms with van der Waals surface area (Å²) in [6.07, 6.45) is 7.40. The Bertz CT molecular complexity index is 670. The second-order valence-corrected chi connectivity index (χ2v) is 8.18. The van der Waals surface area contributed by atoms with Crippen LogP contribution in [-0.2, 0) is 9.84 Å². The molecule has 0 radical (unpaired) electrons. The Morgan fingerprint density at radius 1 is 1.14 bits per heavy atom. The summed E-state index contributed by atoms with van der Waals surface area (Å²) in [4.78, 5) is 0. The Morgan fingerprint density at radius 3 is 2.59 bits per heavy atom. The summed E-state index contributed by atoms with van der Waals surface area (Å²) in [6.45, 7) is 0. The van der Waals surface area contributed by atoms with Crippen LogP contribution in [0.15, 0.2) is 24.3 Å². The third-order valence-corrected chi connectivity index (χ3v) is 5.93. The highest BCUT2D eigenvalue weighted by molar-refractivity contribution is 7.91. The summed E-state index contributed by atoms with van der Waals surface area (Å²) in [6, 6.07) is 5.69. The van der Waals surface area contributed by atoms with Gasteiger partial charge in [-0.25, -0.2) is 8.42 Å². The second kappa shape index (κ2) is 6.32. The standard InChI is InChI=1S/C17H22O4S/c1-20-16-9-8-13(14-5-4-10-22(18,19)12-14)11-17(16)21-15-6-2-3-7-15/h5,8-9,11,15H,2-4,6-7,10,12H2,1H3. The normalized spacial score (nSPS) is 21.4. The van der Waals surface area contributed by atoms with Crippen molar-refractivity contribution >= 4 is 15.4 Å². The molecule has 0 spiro atoms. The van der Waals surface area contributed by atoms with Gasteiger partial charge in [0.05, 0.1) is 24.7 Å². The molecule has 5 heteroatoms. The monoisotopic (exact) mass is 322 g/mol. The van der Waals surface area contributed by atoms with E-state index < -0.39 is 9.84 Å². The molecule has 2 aliphatic rings. The molecule has 0 unspecified atom stereocenters. The molecule has 0 N–H and O–H groups in total. The molecule has 4 nitrogen and oxygen atoms in total. The van der Waals surface area contributed by atoms with E-state index >= 15 is 0 Å². The summed E-state index contributed by atoms with van der Waals surface area (Å²) in [5.41, 5.74) is 1.78. The van der Waals surface area contributed by atoms with Crippen molar-refractivity contribution in [2.75, 3.05) is 18.6 Å². The van der Waals surface area contributed by atoms with E-state index in [0.29, 0.717) is 12.2 Å². The Balaban J connectivity index is 1.87. The first-order valence-corrected chi connectivity index (χ1v) is 9.64. The number of rotatable bonds is 4. The summed E-state index contributed by atoms with van der Waals surface area (Å²) in [5.74, 6) is 1.78. The lowest BCUT2D eigenvalue weighted by molar-refractivity contribution is 0.200. The predicted octanol–water partition coefficient (Wildman–Crippen LogP) is 3.22. The van der Waals surface area contributed by atoms with Gasteiger partial charge in [0.25, 0.3) is 0 Å². The molecule has 0 saturated heterocycles. The molecule has 22 heavy (non-hydrogen) atoms. The van der Waals surface area contributed by atoms with Gasteiger partial charge in [0, 0.05) is 0 Å². The number of allylic oxidation sites excluding steroid dienone is 1. The smallest absolute Gasteiger partial charge is 0.162 e. The van der Waals surface area contributed by atoms with E-state index in [9.17, 15) is 8.42 Å². The van der Waals surface area contributed by atoms with Gasteiger partial charge in [0.1, 0.15) is 0 Å². The third kappa shape index (κ3) is 3.46. The minimum atomic E-state index is -2.97. The van der Waals surface area contributed by atoms with Crippen molar-refractivity contribution < 1.29 is 17.9 Å². The van der Waals surface area contributed by atoms with E-state index in [-0.39, 0.29) is 17.6 Å². The van der Waals surface area contributed by atoms with Crippen LogP contribution < -0.4 is 9.47 Å². The lowest BCUT2D eigenvalue weighted by Gasteiger charge is -2.19. The van der Waals surface area contributed by atoms with Crippen LogP contribution in [0, 0.1) is 0 Å². The van der Waals surface area contributed by atoms with Crippen LogP contribution in [0.4, 0.5) is 0 Å². The maximum atomic E-state index is 11.8. The van der Waals surface area contributed by atoms with Crippen LogP contribution in [0.3, 0.4) is 0 Å². The van der Waals surface area contributed by atoms with Crippen LogP contribution in [0.25, 0.3) is 5.57 Å². The molecule has 1 aliphatic carbocycles. The molecule has 1 aromatic rings. The lowest BCUT2D eigenvalue weighted by Crippen LogP contribution is -2.16. The van der Waals surface area contributed by atoms with Crippen molar-refractivity contribution in [2.24, 2.45) is 0 Å². The average Bonchev–Trinajstić information content (AvgIpc) is 2.99. The Labute approximate surface area is 132 Å². The number of sulfone groups is 1. The van der Waals surface area contributed by atoms with Gasteiger partial charge in [-0.1, -0.05) is 12.1 Å². The molecular formula is C17H22O4S. The predicted molar refractivity (Wildman–Crippen MR) is 87.1 cm³/mol. The summed E-state index contributed by atoms with van der Waals surface area (Å²) in [5, 5.41) is 0. The van der Waals surface area contributed by atoms with Gasteiger partial charge in [-0.05, 0) is 55.4 Å². The second-order valence-electron chi connectivity index (χ2n) is 6.00. The molecule has 1 fully saturated rings. The fourth-order valence-corrected chi connectivity index (χ4v) is 4.52. The highest BCUT2D eigenvalue weighted by Crippen LogP contribution is 2.35. The van der Waals surface area contributed by atoms with E-state index in [1.807, 2.05) is 24.3 Å². The largest absolute Gasteiger partial charge is 0.493 e. The number of methoxy groups -OCH3 is 1. The molecule has 1 aromatic carbocycles. The van der Waals surface area contributed by atoms with Crippen molar-refractivity contribution in [3.63, 3.8) is 0 Å². The van der Waals surface area contributed by atoms with Gasteiger partial charge in [-0.3, -0.25) is 0 Å². The van der Waals surface area contributed by atoms with E-state index in [2.05, 4.69) is 0 Å². The molecule has 0 aromatic heterocycles. The van der Waals surface area contributed by atoms with Crippen LogP contribution >= 0.6 is 0 Å². The molecular weight excluding hydrogens is 300 g/mol. The Morgan fingerprint density at radius 2 is 1.91 bits per heavy atom. The zero-order valence-corrected chi connectivity index (χ0v) is 13.7. The average molecular weight is 322 g/mol. The number of hydrogen-bond acceptors (Lipinski definition) is 4. The number of ether oxygens (including phenoxy) is 2. The van der Waals surface area contributed by atoms with Crippen molar-refractivity contribution in [3.8, 4) is 11.5 Å². The van der Waals surface area contributed by atoms with Gasteiger partial charge in [0.2, 0.25) is 0 Å². The fourth-order valence-electron chi connectivity index (χ4n) is 3.14. The highest BCUT2D eigenvalue weighted by atomic mass is 32.2. The molecule has 120 valence electrons. The summed E-state index contributed by atoms with van der Waals surface area (Å²) < 4.78 is 35.1. The minimum absolute atomic E-state index is 0.113. The van der Waals surface area contributed by atoms with Crippen molar-refractivity contribution in [1.82, 2.24) is 0 Å². The molecule has 0 amide bonds. The van der Waals surface area contributed by atoms with E-state index in [0.717, 1.165) is 29.7 Å². The topological polar surface area (TPSA) is 52.6 Å². The first kappa shape index (κ1) is 15.4. The van der Waals surface area contributed by atoms with E-state index in [1.54, 1.807) is 7.11 Å². The van der Waals surface area contributed by atoms with Gasteiger partial charge < -0.3 is 9.47 Å². The lowest BCUT2D eigenvalue weighted by atomic mass is 10.1. The summed E-state index contributed by atoms with van der Waals surface area (Å²) >= 11 is 0. The van der Waals surface area contributed by atoms with Gasteiger partial charge >= 0.3 is 0 Å². The summed E-state index contributed by atoms with van der Waals surface area (Å²) in [7, 11) is -1.35. The zero-order chi connectivity index (χ0) is 15.6. The first-order chi connectivity index (χ1) is 10.6. The SMILES string of the molecule is COc1ccc(C2=CCCS(=O)(=O)C2)cc1OC1CCCC1. The van der Waals surface area contributed by atoms with Gasteiger partial charge in [-0.15, -0.1) is 0 Å². The van der Waals surface area contributed by atoms with Gasteiger partial charge in [-0.2, -0.15) is 0 Å². The Kier molecular flexibility index (Phi) is 4.43. The number of hydrogen-bond donors (Lipinski definition) is 0. The van der Waals surface area contributed by atoms with Crippen LogP contribution in [-0.4, -0.2) is 33.1 Å². The van der Waals surface area contributed by atoms with Crippen molar-refractivity contribution in [2.45, 2.75) is 38.2 Å². The maximum Gasteiger partial charge on any atom is 0.162 e. The first-order valence-electron chi connectivity index (χ1n) is 7.82. The molecule has 1 heterocycles. The van der Waals surface area contributed by atoms with E-state index in [1.165, 1.54) is 12.8 Å². The minimum Gasteiger partial charge on any atom is -0.493 e. The third-order valence-electron chi connectivity index (χ3n) is 4.33. The quantitative estimate of drug-likeness (QED) is 0.854.